The van der Waals surface area contributed by atoms with Crippen molar-refractivity contribution >= 4 is 26.7 Å². The highest BCUT2D eigenvalue weighted by Gasteiger charge is 2.22. The second-order valence-electron chi connectivity index (χ2n) is 5.50. The number of sulfonamides is 1. The molecule has 0 fully saturated rings. The highest BCUT2D eigenvalue weighted by Crippen LogP contribution is 2.24. The van der Waals surface area contributed by atoms with Gasteiger partial charge in [-0.1, -0.05) is 0 Å². The third kappa shape index (κ3) is 2.39. The zero-order valence-corrected chi connectivity index (χ0v) is 14.2. The lowest BCUT2D eigenvalue weighted by Gasteiger charge is -2.19. The van der Waals surface area contributed by atoms with Crippen LogP contribution in [-0.2, 0) is 24.1 Å². The molecule has 1 aromatic heterocycles. The quantitative estimate of drug-likeness (QED) is 0.725. The van der Waals surface area contributed by atoms with Crippen LogP contribution in [0.5, 0.6) is 0 Å². The molecular formula is C16H16FN3O3S. The van der Waals surface area contributed by atoms with Gasteiger partial charge in [-0.05, 0) is 42.5 Å². The van der Waals surface area contributed by atoms with E-state index in [1.807, 2.05) is 0 Å². The molecule has 0 spiro atoms. The minimum absolute atomic E-state index is 0.0584. The number of anilines is 1. The lowest BCUT2D eigenvalue weighted by molar-refractivity contribution is 0.594. The molecule has 8 heteroatoms. The first kappa shape index (κ1) is 16.3. The average Bonchev–Trinajstić information content (AvgIpc) is 2.79. The summed E-state index contributed by atoms with van der Waals surface area (Å²) in [5.74, 6) is -0.440. The number of halogens is 1. The van der Waals surface area contributed by atoms with Crippen LogP contribution in [0.2, 0.25) is 0 Å². The van der Waals surface area contributed by atoms with Crippen LogP contribution < -0.4 is 9.99 Å². The van der Waals surface area contributed by atoms with Crippen molar-refractivity contribution < 1.29 is 12.8 Å². The molecule has 126 valence electrons. The first-order chi connectivity index (χ1) is 11.2. The number of aryl methyl sites for hydroxylation is 2. The smallest absolute Gasteiger partial charge is 0.295 e. The second kappa shape index (κ2) is 5.48. The van der Waals surface area contributed by atoms with E-state index >= 15 is 0 Å². The summed E-state index contributed by atoms with van der Waals surface area (Å²) in [6.45, 7) is 0. The van der Waals surface area contributed by atoms with Gasteiger partial charge in [-0.25, -0.2) is 17.6 Å². The molecule has 0 radical (unpaired) electrons. The van der Waals surface area contributed by atoms with Crippen LogP contribution >= 0.6 is 0 Å². The summed E-state index contributed by atoms with van der Waals surface area (Å²) in [4.78, 5) is 12.0. The van der Waals surface area contributed by atoms with Crippen molar-refractivity contribution in [2.75, 3.05) is 11.4 Å². The Labute approximate surface area is 138 Å². The van der Waals surface area contributed by atoms with E-state index in [0.29, 0.717) is 16.7 Å². The van der Waals surface area contributed by atoms with Crippen LogP contribution in [0, 0.1) is 5.82 Å². The predicted molar refractivity (Wildman–Crippen MR) is 90.1 cm³/mol. The van der Waals surface area contributed by atoms with Gasteiger partial charge in [0.15, 0.2) is 0 Å². The summed E-state index contributed by atoms with van der Waals surface area (Å²) in [5, 5.41) is 0. The highest BCUT2D eigenvalue weighted by molar-refractivity contribution is 7.92. The third-order valence-corrected chi connectivity index (χ3v) is 5.87. The van der Waals surface area contributed by atoms with Crippen LogP contribution in [0.15, 0.2) is 52.2 Å². The molecular weight excluding hydrogens is 333 g/mol. The number of fused-ring (bicyclic) bond motifs is 1. The summed E-state index contributed by atoms with van der Waals surface area (Å²) in [5.41, 5.74) is 1.28. The van der Waals surface area contributed by atoms with Gasteiger partial charge in [-0.2, -0.15) is 0 Å². The van der Waals surface area contributed by atoms with Crippen LogP contribution in [-0.4, -0.2) is 24.6 Å². The van der Waals surface area contributed by atoms with E-state index in [4.69, 9.17) is 0 Å². The molecule has 0 unspecified atom stereocenters. The first-order valence-electron chi connectivity index (χ1n) is 7.13. The monoisotopic (exact) mass is 349 g/mol. The number of hydrogen-bond acceptors (Lipinski definition) is 3. The van der Waals surface area contributed by atoms with Gasteiger partial charge in [0.2, 0.25) is 0 Å². The Morgan fingerprint density at radius 1 is 0.958 bits per heavy atom. The largest absolute Gasteiger partial charge is 0.328 e. The molecule has 0 saturated carbocycles. The molecule has 0 aliphatic heterocycles. The Morgan fingerprint density at radius 3 is 2.17 bits per heavy atom. The molecule has 3 rings (SSSR count). The van der Waals surface area contributed by atoms with Gasteiger partial charge in [0.1, 0.15) is 5.82 Å². The Hall–Kier alpha value is -2.61. The van der Waals surface area contributed by atoms with Crippen molar-refractivity contribution in [2.45, 2.75) is 4.90 Å². The Kier molecular flexibility index (Phi) is 3.71. The van der Waals surface area contributed by atoms with Crippen LogP contribution in [0.3, 0.4) is 0 Å². The molecule has 24 heavy (non-hydrogen) atoms. The molecule has 1 heterocycles. The van der Waals surface area contributed by atoms with Gasteiger partial charge < -0.3 is 0 Å². The summed E-state index contributed by atoms with van der Waals surface area (Å²) < 4.78 is 42.6. The van der Waals surface area contributed by atoms with Crippen LogP contribution in [0.1, 0.15) is 0 Å². The van der Waals surface area contributed by atoms with Crippen molar-refractivity contribution in [1.82, 2.24) is 9.13 Å². The van der Waals surface area contributed by atoms with E-state index < -0.39 is 15.8 Å². The van der Waals surface area contributed by atoms with Gasteiger partial charge in [-0.3, -0.25) is 13.4 Å². The van der Waals surface area contributed by atoms with Gasteiger partial charge in [0.25, 0.3) is 10.0 Å². The van der Waals surface area contributed by atoms with Crippen LogP contribution in [0.4, 0.5) is 10.1 Å². The normalized spacial score (nSPS) is 11.8. The van der Waals surface area contributed by atoms with Crippen molar-refractivity contribution in [3.8, 4) is 0 Å². The van der Waals surface area contributed by atoms with Gasteiger partial charge in [0, 0.05) is 21.1 Å². The Balaban J connectivity index is 2.13. The maximum Gasteiger partial charge on any atom is 0.328 e. The Bertz CT molecular complexity index is 1080. The minimum Gasteiger partial charge on any atom is -0.295 e. The van der Waals surface area contributed by atoms with Gasteiger partial charge in [-0.15, -0.1) is 0 Å². The van der Waals surface area contributed by atoms with Gasteiger partial charge >= 0.3 is 5.69 Å². The fourth-order valence-electron chi connectivity index (χ4n) is 2.59. The molecule has 0 N–H and O–H groups in total. The van der Waals surface area contributed by atoms with Crippen molar-refractivity contribution in [2.24, 2.45) is 14.1 Å². The maximum absolute atomic E-state index is 13.0. The summed E-state index contributed by atoms with van der Waals surface area (Å²) in [7, 11) is 0.786. The third-order valence-electron chi connectivity index (χ3n) is 4.09. The molecule has 0 atom stereocenters. The lowest BCUT2D eigenvalue weighted by Crippen LogP contribution is -2.26. The number of nitrogens with zero attached hydrogens (tertiary/aromatic N) is 3. The SMILES string of the molecule is CN(c1ccc(F)cc1)S(=O)(=O)c1ccc2c(c1)n(C)c(=O)n2C. The number of imidazole rings is 1. The van der Waals surface area contributed by atoms with Crippen molar-refractivity contribution in [3.63, 3.8) is 0 Å². The number of benzene rings is 2. The molecule has 0 bridgehead atoms. The van der Waals surface area contributed by atoms with Crippen LogP contribution in [0.25, 0.3) is 11.0 Å². The Morgan fingerprint density at radius 2 is 1.54 bits per heavy atom. The standard InChI is InChI=1S/C16H16FN3O3S/c1-18-14-9-8-13(10-15(14)19(2)16(18)21)24(22,23)20(3)12-6-4-11(17)5-7-12/h4-10H,1-3H3. The van der Waals surface area contributed by atoms with E-state index in [-0.39, 0.29) is 10.6 Å². The van der Waals surface area contributed by atoms with Crippen molar-refractivity contribution in [3.05, 3.63) is 58.8 Å². The summed E-state index contributed by atoms with van der Waals surface area (Å²) in [6, 6.07) is 9.70. The van der Waals surface area contributed by atoms with Crippen molar-refractivity contribution in [1.29, 1.82) is 0 Å². The molecule has 0 saturated heterocycles. The molecule has 2 aromatic carbocycles. The summed E-state index contributed by atoms with van der Waals surface area (Å²) in [6.07, 6.45) is 0. The molecule has 0 aliphatic carbocycles. The molecule has 3 aromatic rings. The first-order valence-corrected chi connectivity index (χ1v) is 8.57. The van der Waals surface area contributed by atoms with E-state index in [2.05, 4.69) is 0 Å². The fraction of sp³-hybridized carbons (Fsp3) is 0.188. The fourth-order valence-corrected chi connectivity index (χ4v) is 3.81. The predicted octanol–water partition coefficient (Wildman–Crippen LogP) is 1.84. The van der Waals surface area contributed by atoms with E-state index in [9.17, 15) is 17.6 Å². The highest BCUT2D eigenvalue weighted by atomic mass is 32.2. The van der Waals surface area contributed by atoms with E-state index in [1.165, 1.54) is 52.6 Å². The molecule has 6 nitrogen and oxygen atoms in total. The molecule has 0 amide bonds. The minimum atomic E-state index is -3.83. The van der Waals surface area contributed by atoms with E-state index in [1.54, 1.807) is 20.2 Å². The van der Waals surface area contributed by atoms with E-state index in [0.717, 1.165) is 4.31 Å². The second-order valence-corrected chi connectivity index (χ2v) is 7.47. The maximum atomic E-state index is 13.0. The molecule has 0 aliphatic rings. The lowest BCUT2D eigenvalue weighted by atomic mass is 10.3. The van der Waals surface area contributed by atoms with Gasteiger partial charge in [0.05, 0.1) is 21.6 Å². The number of aromatic nitrogens is 2. The summed E-state index contributed by atoms with van der Waals surface area (Å²) >= 11 is 0. The zero-order chi connectivity index (χ0) is 17.6. The average molecular weight is 349 g/mol. The topological polar surface area (TPSA) is 64.3 Å². The number of rotatable bonds is 3. The number of hydrogen-bond donors (Lipinski definition) is 0. The zero-order valence-electron chi connectivity index (χ0n) is 13.4.